The number of ether oxygens (including phenoxy) is 1. The summed E-state index contributed by atoms with van der Waals surface area (Å²) in [6.07, 6.45) is 1.75. The molecule has 1 N–H and O–H groups in total. The van der Waals surface area contributed by atoms with Crippen LogP contribution in [0.25, 0.3) is 0 Å². The number of nitrogens with zero attached hydrogens (tertiary/aromatic N) is 1. The minimum atomic E-state index is -0.978. The monoisotopic (exact) mass is 263 g/mol. The number of methoxy groups -OCH3 is 1. The van der Waals surface area contributed by atoms with Crippen molar-refractivity contribution >= 4 is 11.9 Å². The molecule has 1 unspecified atom stereocenters. The Labute approximate surface area is 111 Å². The van der Waals surface area contributed by atoms with Crippen molar-refractivity contribution in [2.45, 2.75) is 31.8 Å². The highest BCUT2D eigenvalue weighted by molar-refractivity contribution is 5.97. The quantitative estimate of drug-likeness (QED) is 0.879. The molecule has 0 saturated heterocycles. The molecule has 1 atom stereocenters. The molecule has 1 aliphatic carbocycles. The molecule has 0 heterocycles. The lowest BCUT2D eigenvalue weighted by molar-refractivity contribution is -0.141. The van der Waals surface area contributed by atoms with Crippen molar-refractivity contribution in [3.8, 4) is 5.75 Å². The first-order valence-electron chi connectivity index (χ1n) is 6.24. The Morgan fingerprint density at radius 2 is 1.89 bits per heavy atom. The number of hydrogen-bond donors (Lipinski definition) is 1. The molecule has 5 heteroatoms. The first-order chi connectivity index (χ1) is 9.04. The van der Waals surface area contributed by atoms with E-state index >= 15 is 0 Å². The average molecular weight is 263 g/mol. The van der Waals surface area contributed by atoms with Crippen molar-refractivity contribution in [2.75, 3.05) is 7.11 Å². The van der Waals surface area contributed by atoms with Crippen LogP contribution in [-0.4, -0.2) is 41.1 Å². The summed E-state index contributed by atoms with van der Waals surface area (Å²) >= 11 is 0. The third-order valence-corrected chi connectivity index (χ3v) is 3.29. The maximum Gasteiger partial charge on any atom is 0.326 e. The molecule has 0 aliphatic heterocycles. The van der Waals surface area contributed by atoms with Crippen LogP contribution >= 0.6 is 0 Å². The number of amides is 1. The van der Waals surface area contributed by atoms with E-state index < -0.39 is 12.0 Å². The third-order valence-electron chi connectivity index (χ3n) is 3.29. The molecular weight excluding hydrogens is 246 g/mol. The van der Waals surface area contributed by atoms with Crippen LogP contribution in [0.15, 0.2) is 24.3 Å². The zero-order valence-corrected chi connectivity index (χ0v) is 11.0. The van der Waals surface area contributed by atoms with E-state index in [0.29, 0.717) is 11.3 Å². The lowest BCUT2D eigenvalue weighted by atomic mass is 10.1. The molecule has 1 amide bonds. The summed E-state index contributed by atoms with van der Waals surface area (Å²) in [5, 5.41) is 9.09. The number of carbonyl (C=O) groups excluding carboxylic acids is 1. The summed E-state index contributed by atoms with van der Waals surface area (Å²) in [5.41, 5.74) is 0.487. The van der Waals surface area contributed by atoms with E-state index in [0.717, 1.165) is 12.8 Å². The number of carboxylic acid groups (broad SMARTS) is 1. The SMILES string of the molecule is COc1ccc(C(=O)N(C2CC2)C(C)C(=O)O)cc1. The van der Waals surface area contributed by atoms with Gasteiger partial charge in [-0.2, -0.15) is 0 Å². The largest absolute Gasteiger partial charge is 0.497 e. The first-order valence-corrected chi connectivity index (χ1v) is 6.24. The van der Waals surface area contributed by atoms with Gasteiger partial charge in [0.2, 0.25) is 0 Å². The van der Waals surface area contributed by atoms with Gasteiger partial charge in [-0.15, -0.1) is 0 Å². The van der Waals surface area contributed by atoms with E-state index in [-0.39, 0.29) is 11.9 Å². The zero-order valence-electron chi connectivity index (χ0n) is 11.0. The van der Waals surface area contributed by atoms with Gasteiger partial charge in [-0.05, 0) is 44.0 Å². The standard InChI is InChI=1S/C14H17NO4/c1-9(14(17)18)15(11-5-6-11)13(16)10-3-7-12(19-2)8-4-10/h3-4,7-9,11H,5-6H2,1-2H3,(H,17,18). The van der Waals surface area contributed by atoms with Crippen molar-refractivity contribution in [1.82, 2.24) is 4.90 Å². The van der Waals surface area contributed by atoms with Gasteiger partial charge in [0, 0.05) is 11.6 Å². The fourth-order valence-corrected chi connectivity index (χ4v) is 2.01. The van der Waals surface area contributed by atoms with Crippen LogP contribution in [0.1, 0.15) is 30.1 Å². The fourth-order valence-electron chi connectivity index (χ4n) is 2.01. The van der Waals surface area contributed by atoms with Crippen molar-refractivity contribution in [1.29, 1.82) is 0 Å². The Balaban J connectivity index is 2.21. The molecule has 1 saturated carbocycles. The maximum absolute atomic E-state index is 12.4. The molecule has 0 aromatic heterocycles. The van der Waals surface area contributed by atoms with Gasteiger partial charge >= 0.3 is 5.97 Å². The highest BCUT2D eigenvalue weighted by Crippen LogP contribution is 2.30. The summed E-state index contributed by atoms with van der Waals surface area (Å²) < 4.78 is 5.04. The number of aliphatic carboxylic acids is 1. The Kier molecular flexibility index (Phi) is 3.74. The number of carboxylic acids is 1. The number of carbonyl (C=O) groups is 2. The van der Waals surface area contributed by atoms with Gasteiger partial charge < -0.3 is 14.7 Å². The zero-order chi connectivity index (χ0) is 14.0. The lowest BCUT2D eigenvalue weighted by Crippen LogP contribution is -2.44. The summed E-state index contributed by atoms with van der Waals surface area (Å²) in [5.74, 6) is -0.547. The van der Waals surface area contributed by atoms with Crippen molar-refractivity contribution < 1.29 is 19.4 Å². The van der Waals surface area contributed by atoms with E-state index in [1.807, 2.05) is 0 Å². The van der Waals surface area contributed by atoms with Gasteiger partial charge in [0.05, 0.1) is 7.11 Å². The van der Waals surface area contributed by atoms with Crippen molar-refractivity contribution in [3.05, 3.63) is 29.8 Å². The molecule has 1 aromatic rings. The van der Waals surface area contributed by atoms with Gasteiger partial charge in [0.15, 0.2) is 0 Å². The summed E-state index contributed by atoms with van der Waals surface area (Å²) in [7, 11) is 1.56. The lowest BCUT2D eigenvalue weighted by Gasteiger charge is -2.26. The Bertz CT molecular complexity index is 479. The van der Waals surface area contributed by atoms with Crippen LogP contribution < -0.4 is 4.74 Å². The van der Waals surface area contributed by atoms with E-state index in [4.69, 9.17) is 9.84 Å². The predicted octanol–water partition coefficient (Wildman–Crippen LogP) is 1.77. The van der Waals surface area contributed by atoms with E-state index in [1.165, 1.54) is 4.90 Å². The summed E-state index contributed by atoms with van der Waals surface area (Å²) in [4.78, 5) is 25.0. The molecule has 1 aliphatic rings. The third kappa shape index (κ3) is 2.86. The number of rotatable bonds is 5. The predicted molar refractivity (Wildman–Crippen MR) is 69.3 cm³/mol. The van der Waals surface area contributed by atoms with Gasteiger partial charge in [-0.25, -0.2) is 4.79 Å². The Hall–Kier alpha value is -2.04. The van der Waals surface area contributed by atoms with Gasteiger partial charge in [-0.1, -0.05) is 0 Å². The second-order valence-electron chi connectivity index (χ2n) is 4.69. The first kappa shape index (κ1) is 13.4. The Morgan fingerprint density at radius 3 is 2.32 bits per heavy atom. The second-order valence-corrected chi connectivity index (χ2v) is 4.69. The molecule has 1 fully saturated rings. The minimum absolute atomic E-state index is 0.0562. The highest BCUT2D eigenvalue weighted by atomic mass is 16.5. The van der Waals surface area contributed by atoms with Gasteiger partial charge in [0.1, 0.15) is 11.8 Å². The van der Waals surface area contributed by atoms with Gasteiger partial charge in [-0.3, -0.25) is 4.79 Å². The number of benzene rings is 1. The second kappa shape index (κ2) is 5.30. The van der Waals surface area contributed by atoms with E-state index in [2.05, 4.69) is 0 Å². The van der Waals surface area contributed by atoms with Crippen LogP contribution in [0.3, 0.4) is 0 Å². The van der Waals surface area contributed by atoms with Crippen molar-refractivity contribution in [3.63, 3.8) is 0 Å². The number of hydrogen-bond acceptors (Lipinski definition) is 3. The molecule has 0 spiro atoms. The Morgan fingerprint density at radius 1 is 1.32 bits per heavy atom. The molecule has 2 rings (SSSR count). The van der Waals surface area contributed by atoms with Crippen LogP contribution in [0, 0.1) is 0 Å². The van der Waals surface area contributed by atoms with E-state index in [1.54, 1.807) is 38.3 Å². The molecular formula is C14H17NO4. The molecule has 0 radical (unpaired) electrons. The molecule has 102 valence electrons. The smallest absolute Gasteiger partial charge is 0.326 e. The topological polar surface area (TPSA) is 66.8 Å². The molecule has 19 heavy (non-hydrogen) atoms. The summed E-state index contributed by atoms with van der Waals surface area (Å²) in [6, 6.07) is 5.96. The van der Waals surface area contributed by atoms with Gasteiger partial charge in [0.25, 0.3) is 5.91 Å². The van der Waals surface area contributed by atoms with Crippen molar-refractivity contribution in [2.24, 2.45) is 0 Å². The maximum atomic E-state index is 12.4. The fraction of sp³-hybridized carbons (Fsp3) is 0.429. The van der Waals surface area contributed by atoms with Crippen LogP contribution in [-0.2, 0) is 4.79 Å². The van der Waals surface area contributed by atoms with Crippen LogP contribution in [0.4, 0.5) is 0 Å². The van der Waals surface area contributed by atoms with Crippen LogP contribution in [0.2, 0.25) is 0 Å². The van der Waals surface area contributed by atoms with Crippen LogP contribution in [0.5, 0.6) is 5.75 Å². The van der Waals surface area contributed by atoms with E-state index in [9.17, 15) is 9.59 Å². The highest BCUT2D eigenvalue weighted by Gasteiger charge is 2.38. The molecule has 1 aromatic carbocycles. The average Bonchev–Trinajstić information content (AvgIpc) is 3.23. The molecule has 0 bridgehead atoms. The summed E-state index contributed by atoms with van der Waals surface area (Å²) in [6.45, 7) is 1.54. The normalized spacial score (nSPS) is 15.7. The minimum Gasteiger partial charge on any atom is -0.497 e. The molecule has 5 nitrogen and oxygen atoms in total.